The lowest BCUT2D eigenvalue weighted by molar-refractivity contribution is -0.144. The fourth-order valence-corrected chi connectivity index (χ4v) is 4.91. The van der Waals surface area contributed by atoms with Crippen LogP contribution in [0.4, 0.5) is 4.39 Å². The lowest BCUT2D eigenvalue weighted by Gasteiger charge is -2.36. The highest BCUT2D eigenvalue weighted by molar-refractivity contribution is 7.89. The van der Waals surface area contributed by atoms with E-state index in [4.69, 9.17) is 4.74 Å². The summed E-state index contributed by atoms with van der Waals surface area (Å²) in [7, 11) is -2.68. The molecule has 0 unspecified atom stereocenters. The first kappa shape index (κ1) is 17.7. The van der Waals surface area contributed by atoms with Crippen LogP contribution in [0.5, 0.6) is 5.75 Å². The minimum absolute atomic E-state index is 0.0310. The van der Waals surface area contributed by atoms with Gasteiger partial charge in [-0.05, 0) is 38.8 Å². The second-order valence-corrected chi connectivity index (χ2v) is 7.51. The van der Waals surface area contributed by atoms with E-state index in [2.05, 4.69) is 0 Å². The zero-order chi connectivity index (χ0) is 17.4. The molecule has 1 N–H and O–H groups in total. The Labute approximate surface area is 134 Å². The smallest absolute Gasteiger partial charge is 0.308 e. The summed E-state index contributed by atoms with van der Waals surface area (Å²) in [5.74, 6) is -2.54. The van der Waals surface area contributed by atoms with Gasteiger partial charge < -0.3 is 9.84 Å². The summed E-state index contributed by atoms with van der Waals surface area (Å²) in [5, 5.41) is 9.23. The Hall–Kier alpha value is -1.67. The van der Waals surface area contributed by atoms with Crippen LogP contribution in [-0.2, 0) is 14.8 Å². The van der Waals surface area contributed by atoms with Gasteiger partial charge in [-0.15, -0.1) is 0 Å². The van der Waals surface area contributed by atoms with Crippen molar-refractivity contribution in [1.29, 1.82) is 0 Å². The van der Waals surface area contributed by atoms with Crippen molar-refractivity contribution in [3.63, 3.8) is 0 Å². The molecule has 2 atom stereocenters. The van der Waals surface area contributed by atoms with Gasteiger partial charge in [0, 0.05) is 18.2 Å². The summed E-state index contributed by atoms with van der Waals surface area (Å²) >= 11 is 0. The quantitative estimate of drug-likeness (QED) is 0.902. The maximum atomic E-state index is 14.2. The third-order valence-corrected chi connectivity index (χ3v) is 6.49. The van der Waals surface area contributed by atoms with Gasteiger partial charge in [0.25, 0.3) is 0 Å². The van der Waals surface area contributed by atoms with Crippen molar-refractivity contribution in [2.24, 2.45) is 5.92 Å². The summed E-state index contributed by atoms with van der Waals surface area (Å²) in [6.07, 6.45) is 0.886. The Balaban J connectivity index is 2.46. The van der Waals surface area contributed by atoms with E-state index >= 15 is 0 Å². The molecule has 1 aliphatic heterocycles. The molecule has 1 aliphatic rings. The second-order valence-electron chi connectivity index (χ2n) is 5.65. The summed E-state index contributed by atoms with van der Waals surface area (Å²) in [4.78, 5) is 11.1. The number of aliphatic carboxylic acids is 1. The summed E-state index contributed by atoms with van der Waals surface area (Å²) < 4.78 is 45.9. The summed E-state index contributed by atoms with van der Waals surface area (Å²) in [5.41, 5.74) is -0.0333. The number of nitrogens with zero attached hydrogens (tertiary/aromatic N) is 1. The normalized spacial score (nSPS) is 22.8. The number of methoxy groups -OCH3 is 1. The van der Waals surface area contributed by atoms with Crippen LogP contribution in [0.3, 0.4) is 0 Å². The van der Waals surface area contributed by atoms with E-state index in [-0.39, 0.29) is 22.8 Å². The van der Waals surface area contributed by atoms with Crippen LogP contribution in [0.25, 0.3) is 0 Å². The summed E-state index contributed by atoms with van der Waals surface area (Å²) in [6.45, 7) is 3.17. The van der Waals surface area contributed by atoms with Gasteiger partial charge in [-0.1, -0.05) is 0 Å². The maximum Gasteiger partial charge on any atom is 0.308 e. The number of benzene rings is 1. The lowest BCUT2D eigenvalue weighted by atomic mass is 9.92. The molecular formula is C15H20FNO5S. The molecule has 1 fully saturated rings. The van der Waals surface area contributed by atoms with Crippen molar-refractivity contribution in [2.75, 3.05) is 13.7 Å². The van der Waals surface area contributed by atoms with Gasteiger partial charge in [-0.3, -0.25) is 4.79 Å². The maximum absolute atomic E-state index is 14.2. The van der Waals surface area contributed by atoms with Crippen LogP contribution in [-0.4, -0.2) is 43.5 Å². The molecule has 8 heteroatoms. The molecule has 0 radical (unpaired) electrons. The van der Waals surface area contributed by atoms with Crippen LogP contribution in [0.2, 0.25) is 0 Å². The number of hydrogen-bond donors (Lipinski definition) is 1. The molecule has 128 valence electrons. The van der Waals surface area contributed by atoms with Crippen molar-refractivity contribution in [3.8, 4) is 5.75 Å². The second kappa shape index (κ2) is 6.45. The van der Waals surface area contributed by atoms with Gasteiger partial charge >= 0.3 is 5.97 Å². The van der Waals surface area contributed by atoms with Gasteiger partial charge in [-0.2, -0.15) is 4.31 Å². The molecule has 1 heterocycles. The summed E-state index contributed by atoms with van der Waals surface area (Å²) in [6, 6.07) is 1.87. The minimum atomic E-state index is -3.98. The number of halogens is 1. The molecule has 6 nitrogen and oxygen atoms in total. The number of carboxylic acids is 1. The van der Waals surface area contributed by atoms with Crippen molar-refractivity contribution in [3.05, 3.63) is 23.5 Å². The standard InChI is InChI=1S/C15H20FNO5S/c1-9-13(7-6-12(22-3)14(9)16)23(20,21)17-8-4-5-11(10(17)2)15(18)19/h6-7,10-11H,4-5,8H2,1-3H3,(H,18,19)/t10-,11-/m0/s1. The highest BCUT2D eigenvalue weighted by atomic mass is 32.2. The monoisotopic (exact) mass is 345 g/mol. The Morgan fingerprint density at radius 1 is 1.43 bits per heavy atom. The fourth-order valence-electron chi connectivity index (χ4n) is 2.99. The number of carbonyl (C=O) groups is 1. The van der Waals surface area contributed by atoms with Gasteiger partial charge in [0.15, 0.2) is 11.6 Å². The highest BCUT2D eigenvalue weighted by Gasteiger charge is 2.40. The average Bonchev–Trinajstić information content (AvgIpc) is 2.49. The molecule has 1 aromatic carbocycles. The number of ether oxygens (including phenoxy) is 1. The fraction of sp³-hybridized carbons (Fsp3) is 0.533. The van der Waals surface area contributed by atoms with Crippen molar-refractivity contribution in [2.45, 2.75) is 37.6 Å². The predicted molar refractivity (Wildman–Crippen MR) is 81.4 cm³/mol. The first-order valence-electron chi connectivity index (χ1n) is 7.29. The number of carboxylic acid groups (broad SMARTS) is 1. The molecule has 0 saturated carbocycles. The Bertz CT molecular complexity index is 719. The Morgan fingerprint density at radius 2 is 2.09 bits per heavy atom. The average molecular weight is 345 g/mol. The molecule has 1 aromatic rings. The largest absolute Gasteiger partial charge is 0.494 e. The zero-order valence-electron chi connectivity index (χ0n) is 13.2. The molecule has 0 amide bonds. The molecule has 0 bridgehead atoms. The van der Waals surface area contributed by atoms with E-state index in [0.717, 1.165) is 4.31 Å². The molecule has 1 saturated heterocycles. The number of hydrogen-bond acceptors (Lipinski definition) is 4. The van der Waals surface area contributed by atoms with Gasteiger partial charge in [0.2, 0.25) is 10.0 Å². The van der Waals surface area contributed by atoms with E-state index in [1.165, 1.54) is 26.2 Å². The van der Waals surface area contributed by atoms with Crippen molar-refractivity contribution < 1.29 is 27.4 Å². The van der Waals surface area contributed by atoms with E-state index < -0.39 is 33.8 Å². The molecule has 0 aromatic heterocycles. The Morgan fingerprint density at radius 3 is 2.65 bits per heavy atom. The number of piperidine rings is 1. The zero-order valence-corrected chi connectivity index (χ0v) is 14.1. The van der Waals surface area contributed by atoms with Crippen LogP contribution in [0.1, 0.15) is 25.3 Å². The van der Waals surface area contributed by atoms with E-state index in [1.807, 2.05) is 0 Å². The van der Waals surface area contributed by atoms with E-state index in [0.29, 0.717) is 12.8 Å². The van der Waals surface area contributed by atoms with Crippen LogP contribution < -0.4 is 4.74 Å². The van der Waals surface area contributed by atoms with Crippen LogP contribution in [0, 0.1) is 18.7 Å². The molecule has 2 rings (SSSR count). The lowest BCUT2D eigenvalue weighted by Crippen LogP contribution is -2.49. The van der Waals surface area contributed by atoms with Crippen LogP contribution in [0.15, 0.2) is 17.0 Å². The topological polar surface area (TPSA) is 83.9 Å². The first-order valence-corrected chi connectivity index (χ1v) is 8.73. The Kier molecular flexibility index (Phi) is 4.95. The SMILES string of the molecule is COc1ccc(S(=O)(=O)N2CCC[C@H](C(=O)O)[C@@H]2C)c(C)c1F. The highest BCUT2D eigenvalue weighted by Crippen LogP contribution is 2.33. The number of rotatable bonds is 4. The first-order chi connectivity index (χ1) is 10.7. The molecular weight excluding hydrogens is 325 g/mol. The third-order valence-electron chi connectivity index (χ3n) is 4.36. The van der Waals surface area contributed by atoms with E-state index in [1.54, 1.807) is 6.92 Å². The third kappa shape index (κ3) is 3.05. The molecule has 23 heavy (non-hydrogen) atoms. The van der Waals surface area contributed by atoms with E-state index in [9.17, 15) is 22.7 Å². The molecule has 0 spiro atoms. The van der Waals surface area contributed by atoms with Gasteiger partial charge in [-0.25, -0.2) is 12.8 Å². The van der Waals surface area contributed by atoms with Crippen LogP contribution >= 0.6 is 0 Å². The molecule has 0 aliphatic carbocycles. The number of sulfonamides is 1. The minimum Gasteiger partial charge on any atom is -0.494 e. The van der Waals surface area contributed by atoms with Crippen molar-refractivity contribution >= 4 is 16.0 Å². The predicted octanol–water partition coefficient (Wildman–Crippen LogP) is 2.02. The van der Waals surface area contributed by atoms with Gasteiger partial charge in [0.05, 0.1) is 17.9 Å². The van der Waals surface area contributed by atoms with Gasteiger partial charge in [0.1, 0.15) is 0 Å². The van der Waals surface area contributed by atoms with Crippen molar-refractivity contribution in [1.82, 2.24) is 4.31 Å².